The third kappa shape index (κ3) is 2.68. The standard InChI is InChI=1S/C19H17N3O3S/c1-11-7-12(2)18(13(3)8-11)26(24,25)22-10-17(14(4)23)16-6-5-15(9-20)21-19(16)22/h5-8,10H,1-4H3. The molecule has 0 bridgehead atoms. The number of carbonyl (C=O) groups is 1. The van der Waals surface area contributed by atoms with E-state index in [1.54, 1.807) is 32.0 Å². The van der Waals surface area contributed by atoms with E-state index in [-0.39, 0.29) is 27.6 Å². The zero-order valence-electron chi connectivity index (χ0n) is 14.9. The lowest BCUT2D eigenvalue weighted by atomic mass is 10.1. The van der Waals surface area contributed by atoms with Gasteiger partial charge in [-0.05, 0) is 51.0 Å². The molecule has 132 valence electrons. The molecule has 0 aliphatic heterocycles. The number of carbonyl (C=O) groups excluding carboxylic acids is 1. The molecule has 7 heteroatoms. The molecule has 0 amide bonds. The monoisotopic (exact) mass is 367 g/mol. The first kappa shape index (κ1) is 17.8. The van der Waals surface area contributed by atoms with Gasteiger partial charge in [0.1, 0.15) is 11.8 Å². The molecule has 0 unspecified atom stereocenters. The zero-order valence-corrected chi connectivity index (χ0v) is 15.7. The van der Waals surface area contributed by atoms with Gasteiger partial charge in [0, 0.05) is 17.1 Å². The molecule has 0 atom stereocenters. The summed E-state index contributed by atoms with van der Waals surface area (Å²) in [6, 6.07) is 8.52. The van der Waals surface area contributed by atoms with E-state index in [4.69, 9.17) is 5.26 Å². The smallest absolute Gasteiger partial charge is 0.269 e. The average molecular weight is 367 g/mol. The fourth-order valence-corrected chi connectivity index (χ4v) is 5.01. The fraction of sp³-hybridized carbons (Fsp3) is 0.211. The maximum Gasteiger partial charge on any atom is 0.269 e. The van der Waals surface area contributed by atoms with Crippen LogP contribution in [0.3, 0.4) is 0 Å². The quantitative estimate of drug-likeness (QED) is 0.662. The number of nitrogens with zero attached hydrogens (tertiary/aromatic N) is 3. The Hall–Kier alpha value is -2.98. The minimum absolute atomic E-state index is 0.0774. The lowest BCUT2D eigenvalue weighted by molar-refractivity contribution is 0.101. The van der Waals surface area contributed by atoms with Gasteiger partial charge < -0.3 is 0 Å². The number of aryl methyl sites for hydroxylation is 3. The van der Waals surface area contributed by atoms with Crippen LogP contribution in [0.2, 0.25) is 0 Å². The molecule has 1 aromatic carbocycles. The van der Waals surface area contributed by atoms with Crippen molar-refractivity contribution < 1.29 is 13.2 Å². The van der Waals surface area contributed by atoms with E-state index < -0.39 is 10.0 Å². The number of fused-ring (bicyclic) bond motifs is 1. The largest absolute Gasteiger partial charge is 0.294 e. The van der Waals surface area contributed by atoms with Gasteiger partial charge in [0.15, 0.2) is 11.4 Å². The average Bonchev–Trinajstić information content (AvgIpc) is 2.93. The first-order valence-electron chi connectivity index (χ1n) is 7.93. The molecular formula is C19H17N3O3S. The molecule has 0 spiro atoms. The van der Waals surface area contributed by atoms with Gasteiger partial charge in [0.05, 0.1) is 4.90 Å². The number of benzene rings is 1. The highest BCUT2D eigenvalue weighted by atomic mass is 32.2. The van der Waals surface area contributed by atoms with Crippen LogP contribution in [0.5, 0.6) is 0 Å². The molecule has 26 heavy (non-hydrogen) atoms. The zero-order chi connectivity index (χ0) is 19.2. The van der Waals surface area contributed by atoms with Crippen molar-refractivity contribution in [3.05, 3.63) is 58.4 Å². The van der Waals surface area contributed by atoms with Gasteiger partial charge in [-0.25, -0.2) is 17.4 Å². The summed E-state index contributed by atoms with van der Waals surface area (Å²) in [6.45, 7) is 6.74. The second-order valence-corrected chi connectivity index (χ2v) is 8.06. The molecule has 0 radical (unpaired) electrons. The van der Waals surface area contributed by atoms with Crippen LogP contribution in [-0.4, -0.2) is 23.2 Å². The van der Waals surface area contributed by atoms with Crippen LogP contribution in [0.4, 0.5) is 0 Å². The van der Waals surface area contributed by atoms with Crippen LogP contribution in [0.25, 0.3) is 11.0 Å². The molecule has 0 saturated heterocycles. The van der Waals surface area contributed by atoms with Gasteiger partial charge in [0.2, 0.25) is 0 Å². The number of pyridine rings is 1. The minimum atomic E-state index is -3.99. The van der Waals surface area contributed by atoms with Crippen LogP contribution < -0.4 is 0 Å². The van der Waals surface area contributed by atoms with Crippen LogP contribution in [0.1, 0.15) is 39.7 Å². The topological polar surface area (TPSA) is 92.8 Å². The van der Waals surface area contributed by atoms with E-state index in [9.17, 15) is 13.2 Å². The number of ketones is 1. The Morgan fingerprint density at radius 2 is 1.77 bits per heavy atom. The van der Waals surface area contributed by atoms with Gasteiger partial charge in [-0.3, -0.25) is 4.79 Å². The van der Waals surface area contributed by atoms with Crippen molar-refractivity contribution in [1.82, 2.24) is 8.96 Å². The van der Waals surface area contributed by atoms with Gasteiger partial charge in [-0.15, -0.1) is 0 Å². The van der Waals surface area contributed by atoms with Crippen molar-refractivity contribution in [3.8, 4) is 6.07 Å². The minimum Gasteiger partial charge on any atom is -0.294 e. The van der Waals surface area contributed by atoms with E-state index in [0.29, 0.717) is 16.5 Å². The summed E-state index contributed by atoms with van der Waals surface area (Å²) in [6.07, 6.45) is 1.29. The highest BCUT2D eigenvalue weighted by molar-refractivity contribution is 7.90. The Labute approximate surface area is 151 Å². The predicted octanol–water partition coefficient (Wildman–Crippen LogP) is 3.27. The molecular weight excluding hydrogens is 350 g/mol. The molecule has 0 fully saturated rings. The van der Waals surface area contributed by atoms with E-state index in [0.717, 1.165) is 9.54 Å². The number of Topliss-reactive ketones (excluding diaryl/α,β-unsaturated/α-hetero) is 1. The number of hydrogen-bond donors (Lipinski definition) is 0. The molecule has 2 heterocycles. The van der Waals surface area contributed by atoms with E-state index in [1.807, 2.05) is 13.0 Å². The molecule has 0 N–H and O–H groups in total. The first-order chi connectivity index (χ1) is 12.2. The second kappa shape index (κ2) is 6.07. The van der Waals surface area contributed by atoms with Crippen molar-refractivity contribution in [1.29, 1.82) is 5.26 Å². The summed E-state index contributed by atoms with van der Waals surface area (Å²) in [5.74, 6) is -0.271. The number of rotatable bonds is 3. The van der Waals surface area contributed by atoms with Gasteiger partial charge in [-0.2, -0.15) is 5.26 Å². The maximum atomic E-state index is 13.4. The number of aromatic nitrogens is 2. The Balaban J connectivity index is 2.41. The Kier molecular flexibility index (Phi) is 4.17. The first-order valence-corrected chi connectivity index (χ1v) is 9.37. The van der Waals surface area contributed by atoms with Crippen LogP contribution in [-0.2, 0) is 10.0 Å². The number of hydrogen-bond acceptors (Lipinski definition) is 5. The van der Waals surface area contributed by atoms with Crippen LogP contribution in [0, 0.1) is 32.1 Å². The summed E-state index contributed by atoms with van der Waals surface area (Å²) < 4.78 is 27.7. The SMILES string of the molecule is CC(=O)c1cn(S(=O)(=O)c2c(C)cc(C)cc2C)c2nc(C#N)ccc12. The van der Waals surface area contributed by atoms with E-state index in [1.165, 1.54) is 19.2 Å². The molecule has 6 nitrogen and oxygen atoms in total. The van der Waals surface area contributed by atoms with Gasteiger partial charge in [-0.1, -0.05) is 17.7 Å². The highest BCUT2D eigenvalue weighted by Crippen LogP contribution is 2.29. The van der Waals surface area contributed by atoms with Crippen LogP contribution in [0.15, 0.2) is 35.4 Å². The van der Waals surface area contributed by atoms with Gasteiger partial charge in [0.25, 0.3) is 10.0 Å². The van der Waals surface area contributed by atoms with Crippen LogP contribution >= 0.6 is 0 Å². The molecule has 2 aromatic heterocycles. The molecule has 0 aliphatic rings. The summed E-state index contributed by atoms with van der Waals surface area (Å²) >= 11 is 0. The summed E-state index contributed by atoms with van der Waals surface area (Å²) in [4.78, 5) is 16.3. The Bertz CT molecular complexity index is 1190. The highest BCUT2D eigenvalue weighted by Gasteiger charge is 2.26. The van der Waals surface area contributed by atoms with Crippen molar-refractivity contribution in [2.24, 2.45) is 0 Å². The lowest BCUT2D eigenvalue weighted by Gasteiger charge is -2.13. The maximum absolute atomic E-state index is 13.4. The normalized spacial score (nSPS) is 11.5. The van der Waals surface area contributed by atoms with Crippen molar-refractivity contribution in [3.63, 3.8) is 0 Å². The summed E-state index contributed by atoms with van der Waals surface area (Å²) in [5.41, 5.74) is 2.61. The van der Waals surface area contributed by atoms with Gasteiger partial charge >= 0.3 is 0 Å². The molecule has 0 aliphatic carbocycles. The Morgan fingerprint density at radius 1 is 1.15 bits per heavy atom. The number of nitriles is 1. The lowest BCUT2D eigenvalue weighted by Crippen LogP contribution is -2.15. The Morgan fingerprint density at radius 3 is 2.31 bits per heavy atom. The molecule has 3 aromatic rings. The second-order valence-electron chi connectivity index (χ2n) is 6.31. The van der Waals surface area contributed by atoms with Crippen molar-refractivity contribution in [2.45, 2.75) is 32.6 Å². The molecule has 3 rings (SSSR count). The third-order valence-electron chi connectivity index (χ3n) is 4.24. The molecule has 0 saturated carbocycles. The van der Waals surface area contributed by atoms with Crippen molar-refractivity contribution in [2.75, 3.05) is 0 Å². The summed E-state index contributed by atoms with van der Waals surface area (Å²) in [5, 5.41) is 9.51. The predicted molar refractivity (Wildman–Crippen MR) is 97.7 cm³/mol. The third-order valence-corrected chi connectivity index (χ3v) is 6.19. The van der Waals surface area contributed by atoms with E-state index >= 15 is 0 Å². The van der Waals surface area contributed by atoms with E-state index in [2.05, 4.69) is 4.98 Å². The fourth-order valence-electron chi connectivity index (χ4n) is 3.27. The summed E-state index contributed by atoms with van der Waals surface area (Å²) in [7, 11) is -3.99. The van der Waals surface area contributed by atoms with Crippen molar-refractivity contribution >= 4 is 26.8 Å².